The molecule has 2 aliphatic rings. The van der Waals surface area contributed by atoms with Crippen molar-refractivity contribution < 1.29 is 8.42 Å². The van der Waals surface area contributed by atoms with Crippen LogP contribution >= 0.6 is 24.0 Å². The smallest absolute Gasteiger partial charge is 0.240 e. The van der Waals surface area contributed by atoms with Crippen LogP contribution in [0.4, 0.5) is 0 Å². The van der Waals surface area contributed by atoms with Gasteiger partial charge in [0.1, 0.15) is 0 Å². The quantitative estimate of drug-likeness (QED) is 0.319. The molecule has 2 aliphatic carbocycles. The van der Waals surface area contributed by atoms with E-state index in [1.54, 1.807) is 12.1 Å². The molecule has 2 unspecified atom stereocenters. The number of benzene rings is 1. The minimum Gasteiger partial charge on any atom is -0.357 e. The summed E-state index contributed by atoms with van der Waals surface area (Å²) in [6.45, 7) is 5.60. The van der Waals surface area contributed by atoms with Gasteiger partial charge in [0.2, 0.25) is 10.0 Å². The predicted molar refractivity (Wildman–Crippen MR) is 111 cm³/mol. The molecule has 0 bridgehead atoms. The molecular weight excluding hydrogens is 451 g/mol. The highest BCUT2D eigenvalue weighted by Crippen LogP contribution is 2.28. The zero-order valence-corrected chi connectivity index (χ0v) is 17.8. The Bertz CT molecular complexity index is 702. The van der Waals surface area contributed by atoms with E-state index >= 15 is 0 Å². The second-order valence-electron chi connectivity index (χ2n) is 6.70. The van der Waals surface area contributed by atoms with Gasteiger partial charge in [-0.1, -0.05) is 19.1 Å². The summed E-state index contributed by atoms with van der Waals surface area (Å²) >= 11 is 0. The van der Waals surface area contributed by atoms with Gasteiger partial charge >= 0.3 is 0 Å². The predicted octanol–water partition coefficient (Wildman–Crippen LogP) is 2.21. The van der Waals surface area contributed by atoms with Crippen LogP contribution in [0.3, 0.4) is 0 Å². The van der Waals surface area contributed by atoms with Crippen molar-refractivity contribution >= 4 is 40.0 Å². The fraction of sp³-hybridized carbons (Fsp3) is 0.588. The van der Waals surface area contributed by atoms with Crippen LogP contribution in [0.2, 0.25) is 0 Å². The van der Waals surface area contributed by atoms with Crippen LogP contribution in [0.1, 0.15) is 38.7 Å². The molecule has 8 heteroatoms. The number of rotatable bonds is 7. The highest BCUT2D eigenvalue weighted by atomic mass is 127. The molecule has 1 aromatic carbocycles. The van der Waals surface area contributed by atoms with Gasteiger partial charge in [-0.3, -0.25) is 0 Å². The van der Waals surface area contributed by atoms with Crippen LogP contribution in [0.15, 0.2) is 34.2 Å². The Kier molecular flexibility index (Phi) is 7.10. The first kappa shape index (κ1) is 20.4. The Hall–Kier alpha value is -0.870. The highest BCUT2D eigenvalue weighted by molar-refractivity contribution is 14.0. The van der Waals surface area contributed by atoms with E-state index in [9.17, 15) is 8.42 Å². The van der Waals surface area contributed by atoms with Crippen molar-refractivity contribution in [3.05, 3.63) is 29.8 Å². The number of sulfonamides is 1. The molecule has 3 N–H and O–H groups in total. The lowest BCUT2D eigenvalue weighted by Crippen LogP contribution is -2.39. The lowest BCUT2D eigenvalue weighted by Gasteiger charge is -2.11. The third-order valence-electron chi connectivity index (χ3n) is 4.33. The Morgan fingerprint density at radius 2 is 1.88 bits per heavy atom. The van der Waals surface area contributed by atoms with Crippen molar-refractivity contribution in [2.75, 3.05) is 6.54 Å². The molecule has 6 nitrogen and oxygen atoms in total. The lowest BCUT2D eigenvalue weighted by molar-refractivity contribution is 0.581. The molecule has 1 aromatic rings. The molecule has 0 aliphatic heterocycles. The number of hydrogen-bond acceptors (Lipinski definition) is 3. The largest absolute Gasteiger partial charge is 0.357 e. The lowest BCUT2D eigenvalue weighted by atomic mass is 10.2. The second kappa shape index (κ2) is 8.68. The molecule has 0 heterocycles. The normalized spacial score (nSPS) is 22.9. The fourth-order valence-corrected chi connectivity index (χ4v) is 3.76. The summed E-state index contributed by atoms with van der Waals surface area (Å²) < 4.78 is 27.0. The van der Waals surface area contributed by atoms with Crippen LogP contribution in [0.5, 0.6) is 0 Å². The van der Waals surface area contributed by atoms with Gasteiger partial charge in [-0.05, 0) is 49.8 Å². The molecule has 25 heavy (non-hydrogen) atoms. The van der Waals surface area contributed by atoms with Crippen molar-refractivity contribution in [3.8, 4) is 0 Å². The van der Waals surface area contributed by atoms with E-state index in [0.29, 0.717) is 23.4 Å². The molecule has 2 atom stereocenters. The molecule has 0 amide bonds. The molecule has 0 aromatic heterocycles. The second-order valence-corrected chi connectivity index (χ2v) is 8.41. The third kappa shape index (κ3) is 6.10. The van der Waals surface area contributed by atoms with Gasteiger partial charge in [-0.15, -0.1) is 24.0 Å². The maximum absolute atomic E-state index is 12.1. The van der Waals surface area contributed by atoms with Gasteiger partial charge in [-0.2, -0.15) is 0 Å². The van der Waals surface area contributed by atoms with Gasteiger partial charge < -0.3 is 10.6 Å². The molecule has 0 spiro atoms. The molecule has 2 saturated carbocycles. The average molecular weight is 478 g/mol. The summed E-state index contributed by atoms with van der Waals surface area (Å²) in [6.07, 6.45) is 3.06. The summed E-state index contributed by atoms with van der Waals surface area (Å²) in [5.41, 5.74) is 0.987. The first-order valence-corrected chi connectivity index (χ1v) is 10.1. The monoisotopic (exact) mass is 478 g/mol. The average Bonchev–Trinajstić information content (AvgIpc) is 3.46. The Morgan fingerprint density at radius 3 is 2.40 bits per heavy atom. The van der Waals surface area contributed by atoms with E-state index in [0.717, 1.165) is 30.9 Å². The molecule has 2 fully saturated rings. The minimum absolute atomic E-state index is 0. The van der Waals surface area contributed by atoms with Crippen molar-refractivity contribution in [1.29, 1.82) is 0 Å². The van der Waals surface area contributed by atoms with Crippen LogP contribution in [0, 0.1) is 5.92 Å². The van der Waals surface area contributed by atoms with E-state index < -0.39 is 10.0 Å². The topological polar surface area (TPSA) is 82.6 Å². The van der Waals surface area contributed by atoms with Crippen molar-refractivity contribution in [3.63, 3.8) is 0 Å². The van der Waals surface area contributed by atoms with Crippen molar-refractivity contribution in [2.24, 2.45) is 10.9 Å². The fourth-order valence-electron chi connectivity index (χ4n) is 2.45. The molecular formula is C17H27IN4O2S. The Balaban J connectivity index is 0.00000225. The summed E-state index contributed by atoms with van der Waals surface area (Å²) in [7, 11) is -3.38. The van der Waals surface area contributed by atoms with Crippen LogP contribution in [-0.2, 0) is 16.6 Å². The van der Waals surface area contributed by atoms with Crippen LogP contribution in [0.25, 0.3) is 0 Å². The van der Waals surface area contributed by atoms with E-state index in [1.807, 2.05) is 19.1 Å². The van der Waals surface area contributed by atoms with Gasteiger partial charge in [0.25, 0.3) is 0 Å². The maximum atomic E-state index is 12.1. The zero-order valence-electron chi connectivity index (χ0n) is 14.7. The number of halogens is 1. The first-order valence-electron chi connectivity index (χ1n) is 8.64. The Morgan fingerprint density at radius 1 is 1.24 bits per heavy atom. The van der Waals surface area contributed by atoms with Gasteiger partial charge in [0.05, 0.1) is 11.4 Å². The van der Waals surface area contributed by atoms with E-state index in [2.05, 4.69) is 27.3 Å². The summed E-state index contributed by atoms with van der Waals surface area (Å²) in [4.78, 5) is 4.90. The van der Waals surface area contributed by atoms with E-state index in [1.165, 1.54) is 6.42 Å². The zero-order chi connectivity index (χ0) is 17.2. The SMILES string of the molecule is CCNC(=NCc1ccc(S(=O)(=O)NC2CC2)cc1)NC1CC1C.I. The number of nitrogens with one attached hydrogen (secondary N) is 3. The number of hydrogen-bond donors (Lipinski definition) is 3. The molecule has 0 saturated heterocycles. The van der Waals surface area contributed by atoms with Crippen LogP contribution in [-0.4, -0.2) is 33.0 Å². The van der Waals surface area contributed by atoms with Crippen LogP contribution < -0.4 is 15.4 Å². The summed E-state index contributed by atoms with van der Waals surface area (Å²) in [6, 6.07) is 7.60. The number of aliphatic imine (C=N–C) groups is 1. The van der Waals surface area contributed by atoms with E-state index in [4.69, 9.17) is 0 Å². The summed E-state index contributed by atoms with van der Waals surface area (Å²) in [5, 5.41) is 6.65. The summed E-state index contributed by atoms with van der Waals surface area (Å²) in [5.74, 6) is 1.52. The third-order valence-corrected chi connectivity index (χ3v) is 5.86. The Labute approximate surface area is 167 Å². The maximum Gasteiger partial charge on any atom is 0.240 e. The van der Waals surface area contributed by atoms with E-state index in [-0.39, 0.29) is 30.0 Å². The molecule has 0 radical (unpaired) electrons. The minimum atomic E-state index is -3.38. The molecule has 3 rings (SSSR count). The van der Waals surface area contributed by atoms with Gasteiger partial charge in [0.15, 0.2) is 5.96 Å². The highest BCUT2D eigenvalue weighted by Gasteiger charge is 2.33. The van der Waals surface area contributed by atoms with Crippen molar-refractivity contribution in [1.82, 2.24) is 15.4 Å². The van der Waals surface area contributed by atoms with Gasteiger partial charge in [0, 0.05) is 18.6 Å². The number of guanidine groups is 1. The van der Waals surface area contributed by atoms with Crippen molar-refractivity contribution in [2.45, 2.75) is 56.6 Å². The standard InChI is InChI=1S/C17H26N4O2S.HI/c1-3-18-17(20-16-10-12(16)2)19-11-13-4-8-15(9-5-13)24(22,23)21-14-6-7-14;/h4-5,8-9,12,14,16,21H,3,6-7,10-11H2,1-2H3,(H2,18,19,20);1H. The first-order chi connectivity index (χ1) is 11.5. The van der Waals surface area contributed by atoms with Gasteiger partial charge in [-0.25, -0.2) is 18.1 Å². The molecule has 140 valence electrons. The number of nitrogens with zero attached hydrogens (tertiary/aromatic N) is 1.